The highest BCUT2D eigenvalue weighted by atomic mass is 14.0. The Kier molecular flexibility index (Phi) is 5.91. The van der Waals surface area contributed by atoms with Gasteiger partial charge in [-0.3, -0.25) is 0 Å². The third kappa shape index (κ3) is 7.38. The first-order valence-corrected chi connectivity index (χ1v) is 4.45. The van der Waals surface area contributed by atoms with Crippen molar-refractivity contribution in [2.24, 2.45) is 5.92 Å². The van der Waals surface area contributed by atoms with Crippen molar-refractivity contribution < 1.29 is 0 Å². The molecule has 0 aromatic carbocycles. The second kappa shape index (κ2) is 6.21. The van der Waals surface area contributed by atoms with Gasteiger partial charge in [0, 0.05) is 0 Å². The number of allylic oxidation sites excluding steroid dienone is 4. The Morgan fingerprint density at radius 2 is 2.00 bits per heavy atom. The second-order valence-electron chi connectivity index (χ2n) is 3.36. The molecule has 0 fully saturated rings. The van der Waals surface area contributed by atoms with Gasteiger partial charge in [-0.05, 0) is 32.6 Å². The van der Waals surface area contributed by atoms with Crippen molar-refractivity contribution in [3.05, 3.63) is 23.8 Å². The minimum atomic E-state index is 0.695. The van der Waals surface area contributed by atoms with Gasteiger partial charge in [0.25, 0.3) is 0 Å². The summed E-state index contributed by atoms with van der Waals surface area (Å²) in [7, 11) is 0. The van der Waals surface area contributed by atoms with Crippen molar-refractivity contribution in [1.82, 2.24) is 0 Å². The van der Waals surface area contributed by atoms with Gasteiger partial charge in [-0.15, -0.1) is 0 Å². The summed E-state index contributed by atoms with van der Waals surface area (Å²) in [5.41, 5.74) is 1.51. The summed E-state index contributed by atoms with van der Waals surface area (Å²) >= 11 is 0. The molecule has 0 aliphatic heterocycles. The Balaban J connectivity index is 3.59. The van der Waals surface area contributed by atoms with E-state index in [1.165, 1.54) is 18.4 Å². The first kappa shape index (κ1) is 10.5. The average Bonchev–Trinajstić information content (AvgIpc) is 1.86. The molecule has 0 spiro atoms. The molecule has 11 heavy (non-hydrogen) atoms. The van der Waals surface area contributed by atoms with Gasteiger partial charge < -0.3 is 0 Å². The summed E-state index contributed by atoms with van der Waals surface area (Å²) in [5.74, 6) is 0.695. The van der Waals surface area contributed by atoms with Gasteiger partial charge in [-0.2, -0.15) is 0 Å². The Morgan fingerprint density at radius 3 is 2.45 bits per heavy atom. The van der Waals surface area contributed by atoms with Crippen LogP contribution in [0.2, 0.25) is 0 Å². The van der Waals surface area contributed by atoms with Crippen LogP contribution in [0.5, 0.6) is 0 Å². The second-order valence-corrected chi connectivity index (χ2v) is 3.36. The third-order valence-corrected chi connectivity index (χ3v) is 1.56. The van der Waals surface area contributed by atoms with Crippen LogP contribution >= 0.6 is 0 Å². The van der Waals surface area contributed by atoms with E-state index < -0.39 is 0 Å². The molecule has 0 nitrogen and oxygen atoms in total. The molecular weight excluding hydrogens is 132 g/mol. The zero-order valence-corrected chi connectivity index (χ0v) is 8.22. The predicted molar refractivity (Wildman–Crippen MR) is 52.6 cm³/mol. The van der Waals surface area contributed by atoms with Crippen molar-refractivity contribution in [2.45, 2.75) is 40.5 Å². The normalized spacial score (nSPS) is 13.4. The van der Waals surface area contributed by atoms with E-state index in [9.17, 15) is 0 Å². The predicted octanol–water partition coefficient (Wildman–Crippen LogP) is 3.95. The molecule has 0 atom stereocenters. The fourth-order valence-corrected chi connectivity index (χ4v) is 1.13. The summed E-state index contributed by atoms with van der Waals surface area (Å²) in [4.78, 5) is 0. The molecule has 0 aromatic heterocycles. The van der Waals surface area contributed by atoms with E-state index >= 15 is 0 Å². The molecule has 0 N–H and O–H groups in total. The van der Waals surface area contributed by atoms with E-state index in [-0.39, 0.29) is 0 Å². The smallest absolute Gasteiger partial charge is 0.0288 e. The van der Waals surface area contributed by atoms with Crippen LogP contribution in [0.4, 0.5) is 0 Å². The minimum absolute atomic E-state index is 0.695. The maximum atomic E-state index is 2.34. The standard InChI is InChI=1S/C11H20/c1-5-6-7-8-11(4)9-10(2)3/h5-6,9-10H,7-8H2,1-4H3. The number of hydrogen-bond donors (Lipinski definition) is 0. The molecule has 0 heterocycles. The molecular formula is C11H20. The number of hydrogen-bond acceptors (Lipinski definition) is 0. The van der Waals surface area contributed by atoms with Gasteiger partial charge in [0.2, 0.25) is 0 Å². The van der Waals surface area contributed by atoms with Gasteiger partial charge in [0.15, 0.2) is 0 Å². The van der Waals surface area contributed by atoms with Crippen LogP contribution in [-0.2, 0) is 0 Å². The number of rotatable bonds is 4. The van der Waals surface area contributed by atoms with Gasteiger partial charge >= 0.3 is 0 Å². The molecule has 64 valence electrons. The fraction of sp³-hybridized carbons (Fsp3) is 0.636. The van der Waals surface area contributed by atoms with Crippen molar-refractivity contribution >= 4 is 0 Å². The largest absolute Gasteiger partial charge is 0.0917 e. The molecule has 0 saturated heterocycles. The summed E-state index contributed by atoms with van der Waals surface area (Å²) < 4.78 is 0. The molecule has 0 aliphatic rings. The van der Waals surface area contributed by atoms with E-state index in [0.29, 0.717) is 5.92 Å². The van der Waals surface area contributed by atoms with Gasteiger partial charge in [-0.1, -0.05) is 37.6 Å². The van der Waals surface area contributed by atoms with E-state index in [1.54, 1.807) is 0 Å². The lowest BCUT2D eigenvalue weighted by Crippen LogP contribution is -1.83. The summed E-state index contributed by atoms with van der Waals surface area (Å²) in [6.45, 7) is 8.73. The van der Waals surface area contributed by atoms with Gasteiger partial charge in [0.05, 0.1) is 0 Å². The van der Waals surface area contributed by atoms with Crippen LogP contribution in [0, 0.1) is 5.92 Å². The van der Waals surface area contributed by atoms with Crippen molar-refractivity contribution in [3.8, 4) is 0 Å². The molecule has 0 saturated carbocycles. The maximum Gasteiger partial charge on any atom is -0.0288 e. The van der Waals surface area contributed by atoms with E-state index in [4.69, 9.17) is 0 Å². The lowest BCUT2D eigenvalue weighted by Gasteiger charge is -2.00. The summed E-state index contributed by atoms with van der Waals surface area (Å²) in [6, 6.07) is 0. The van der Waals surface area contributed by atoms with E-state index in [0.717, 1.165) is 0 Å². The Labute approximate surface area is 71.0 Å². The van der Waals surface area contributed by atoms with Crippen LogP contribution in [0.15, 0.2) is 23.8 Å². The SMILES string of the molecule is CC=CCCC(C)=CC(C)C. The monoisotopic (exact) mass is 152 g/mol. The van der Waals surface area contributed by atoms with Crippen LogP contribution < -0.4 is 0 Å². The topological polar surface area (TPSA) is 0 Å². The molecule has 0 radical (unpaired) electrons. The Morgan fingerprint density at radius 1 is 1.36 bits per heavy atom. The quantitative estimate of drug-likeness (QED) is 0.535. The Bertz CT molecular complexity index is 138. The first-order chi connectivity index (χ1) is 5.16. The summed E-state index contributed by atoms with van der Waals surface area (Å²) in [5, 5.41) is 0. The average molecular weight is 152 g/mol. The van der Waals surface area contributed by atoms with Crippen LogP contribution in [-0.4, -0.2) is 0 Å². The van der Waals surface area contributed by atoms with Crippen LogP contribution in [0.1, 0.15) is 40.5 Å². The van der Waals surface area contributed by atoms with Crippen molar-refractivity contribution in [2.75, 3.05) is 0 Å². The van der Waals surface area contributed by atoms with E-state index in [1.807, 2.05) is 0 Å². The highest BCUT2D eigenvalue weighted by Gasteiger charge is 1.90. The Hall–Kier alpha value is -0.520. The molecule has 0 amide bonds. The van der Waals surface area contributed by atoms with Crippen molar-refractivity contribution in [1.29, 1.82) is 0 Å². The molecule has 0 unspecified atom stereocenters. The molecule has 0 heteroatoms. The molecule has 0 bridgehead atoms. The van der Waals surface area contributed by atoms with Crippen LogP contribution in [0.3, 0.4) is 0 Å². The molecule has 0 aromatic rings. The van der Waals surface area contributed by atoms with Crippen molar-refractivity contribution in [3.63, 3.8) is 0 Å². The van der Waals surface area contributed by atoms with Gasteiger partial charge in [-0.25, -0.2) is 0 Å². The van der Waals surface area contributed by atoms with Crippen LogP contribution in [0.25, 0.3) is 0 Å². The molecule has 0 rings (SSSR count). The maximum absolute atomic E-state index is 2.34. The third-order valence-electron chi connectivity index (χ3n) is 1.56. The lowest BCUT2D eigenvalue weighted by atomic mass is 10.1. The van der Waals surface area contributed by atoms with Gasteiger partial charge in [0.1, 0.15) is 0 Å². The fourth-order valence-electron chi connectivity index (χ4n) is 1.13. The lowest BCUT2D eigenvalue weighted by molar-refractivity contribution is 0.806. The zero-order chi connectivity index (χ0) is 8.69. The first-order valence-electron chi connectivity index (χ1n) is 4.45. The highest BCUT2D eigenvalue weighted by molar-refractivity contribution is 5.00. The molecule has 0 aliphatic carbocycles. The van der Waals surface area contributed by atoms with E-state index in [2.05, 4.69) is 45.9 Å². The zero-order valence-electron chi connectivity index (χ0n) is 8.22. The summed E-state index contributed by atoms with van der Waals surface area (Å²) in [6.07, 6.45) is 9.07. The minimum Gasteiger partial charge on any atom is -0.0917 e. The highest BCUT2D eigenvalue weighted by Crippen LogP contribution is 2.08.